The molecule has 2 aliphatic heterocycles. The number of Topliss-reactive ketones (excluding diaryl/α,β-unsaturated/α-hetero) is 1. The fraction of sp³-hybridized carbons (Fsp3) is 0.333. The van der Waals surface area contributed by atoms with Gasteiger partial charge in [0, 0.05) is 35.2 Å². The molecular weight excluding hydrogens is 458 g/mol. The van der Waals surface area contributed by atoms with Crippen molar-refractivity contribution in [3.05, 3.63) is 40.9 Å². The van der Waals surface area contributed by atoms with E-state index >= 15 is 0 Å². The van der Waals surface area contributed by atoms with E-state index in [-0.39, 0.29) is 22.9 Å². The highest BCUT2D eigenvalue weighted by Crippen LogP contribution is 2.45. The van der Waals surface area contributed by atoms with Gasteiger partial charge in [0.2, 0.25) is 11.5 Å². The predicted molar refractivity (Wildman–Crippen MR) is 121 cm³/mol. The highest BCUT2D eigenvalue weighted by atomic mass is 16.5. The molecule has 1 aromatic carbocycles. The summed E-state index contributed by atoms with van der Waals surface area (Å²) in [5.41, 5.74) is 1.58. The lowest BCUT2D eigenvalue weighted by Crippen LogP contribution is -2.39. The molecule has 3 heterocycles. The summed E-state index contributed by atoms with van der Waals surface area (Å²) in [6.45, 7) is 0.300. The third-order valence-electron chi connectivity index (χ3n) is 6.60. The Kier molecular flexibility index (Phi) is 5.27. The van der Waals surface area contributed by atoms with Crippen molar-refractivity contribution >= 4 is 34.3 Å². The number of ether oxygens (including phenoxy) is 4. The summed E-state index contributed by atoms with van der Waals surface area (Å²) >= 11 is 0. The molecule has 35 heavy (non-hydrogen) atoms. The summed E-state index contributed by atoms with van der Waals surface area (Å²) < 4.78 is 21.0. The van der Waals surface area contributed by atoms with E-state index in [4.69, 9.17) is 14.2 Å². The molecule has 0 spiro atoms. The van der Waals surface area contributed by atoms with E-state index in [2.05, 4.69) is 15.0 Å². The number of carbonyl (C=O) groups excluding carboxylic acids is 4. The molecule has 2 atom stereocenters. The Labute approximate surface area is 199 Å². The molecule has 1 fully saturated rings. The number of rotatable bonds is 5. The molecule has 2 aromatic rings. The molecule has 0 bridgehead atoms. The largest absolute Gasteiger partial charge is 0.493 e. The molecule has 11 heteroatoms. The summed E-state index contributed by atoms with van der Waals surface area (Å²) in [7, 11) is 5.66. The van der Waals surface area contributed by atoms with Gasteiger partial charge in [0.1, 0.15) is 5.69 Å². The lowest BCUT2D eigenvalue weighted by Gasteiger charge is -2.23. The van der Waals surface area contributed by atoms with Crippen molar-refractivity contribution < 1.29 is 38.1 Å². The second-order valence-electron chi connectivity index (χ2n) is 8.28. The molecule has 1 saturated heterocycles. The molecule has 1 aliphatic carbocycles. The van der Waals surface area contributed by atoms with Crippen LogP contribution in [-0.2, 0) is 19.1 Å². The highest BCUT2D eigenvalue weighted by Gasteiger charge is 2.49. The molecule has 2 N–H and O–H groups in total. The van der Waals surface area contributed by atoms with Crippen molar-refractivity contribution in [2.24, 2.45) is 5.92 Å². The Balaban J connectivity index is 1.49. The first-order chi connectivity index (χ1) is 16.8. The van der Waals surface area contributed by atoms with E-state index in [1.54, 1.807) is 12.1 Å². The molecule has 5 rings (SSSR count). The zero-order chi connectivity index (χ0) is 25.0. The van der Waals surface area contributed by atoms with Gasteiger partial charge in [-0.05, 0) is 18.6 Å². The number of esters is 1. The lowest BCUT2D eigenvalue weighted by molar-refractivity contribution is -0.145. The van der Waals surface area contributed by atoms with Gasteiger partial charge < -0.3 is 34.1 Å². The van der Waals surface area contributed by atoms with Gasteiger partial charge in [0.05, 0.1) is 39.7 Å². The summed E-state index contributed by atoms with van der Waals surface area (Å²) in [5.74, 6) is -1.34. The van der Waals surface area contributed by atoms with Crippen LogP contribution in [0, 0.1) is 5.92 Å². The number of carbonyl (C=O) groups is 4. The average Bonchev–Trinajstić information content (AvgIpc) is 3.57. The number of aromatic nitrogens is 1. The number of nitrogens with one attached hydrogen (secondary N) is 2. The number of likely N-dealkylation sites (tertiary alicyclic amines) is 1. The van der Waals surface area contributed by atoms with Crippen LogP contribution in [0.5, 0.6) is 17.2 Å². The van der Waals surface area contributed by atoms with Crippen LogP contribution in [0.1, 0.15) is 16.9 Å². The van der Waals surface area contributed by atoms with Gasteiger partial charge in [-0.25, -0.2) is 4.79 Å². The average molecular weight is 481 g/mol. The zero-order valence-electron chi connectivity index (χ0n) is 19.5. The van der Waals surface area contributed by atoms with Gasteiger partial charge in [-0.1, -0.05) is 0 Å². The summed E-state index contributed by atoms with van der Waals surface area (Å²) in [5, 5.41) is 3.37. The number of ketones is 2. The maximum absolute atomic E-state index is 13.5. The van der Waals surface area contributed by atoms with Crippen LogP contribution < -0.4 is 19.5 Å². The minimum atomic E-state index is -1.25. The monoisotopic (exact) mass is 481 g/mol. The van der Waals surface area contributed by atoms with E-state index in [0.29, 0.717) is 46.8 Å². The van der Waals surface area contributed by atoms with Crippen LogP contribution in [0.4, 0.5) is 0 Å². The van der Waals surface area contributed by atoms with Crippen LogP contribution in [-0.4, -0.2) is 74.4 Å². The minimum absolute atomic E-state index is 0.1000. The summed E-state index contributed by atoms with van der Waals surface area (Å²) in [6, 6.07) is 2.14. The van der Waals surface area contributed by atoms with Crippen LogP contribution in [0.2, 0.25) is 0 Å². The van der Waals surface area contributed by atoms with Gasteiger partial charge in [-0.3, -0.25) is 14.4 Å². The van der Waals surface area contributed by atoms with Gasteiger partial charge >= 0.3 is 5.97 Å². The third kappa shape index (κ3) is 3.18. The quantitative estimate of drug-likeness (QED) is 0.475. The Morgan fingerprint density at radius 1 is 1.03 bits per heavy atom. The second-order valence-corrected chi connectivity index (χ2v) is 8.28. The standard InChI is InChI=1S/C24H23N3O8/c1-32-15-8-10-7-12(25-17(10)22(34-3)21(15)33-2)23(30)27-6-5-11-13(27)9-14(28)18-16(11)20(29)19(26-18)24(31)35-4/h7-9,11,19,25-26H,5-6H2,1-4H3. The number of fused-ring (bicyclic) bond motifs is 3. The van der Waals surface area contributed by atoms with Crippen molar-refractivity contribution in [2.45, 2.75) is 12.5 Å². The minimum Gasteiger partial charge on any atom is -0.493 e. The number of nitrogens with zero attached hydrogens (tertiary/aromatic N) is 1. The second kappa shape index (κ2) is 8.19. The van der Waals surface area contributed by atoms with E-state index in [0.717, 1.165) is 0 Å². The number of methoxy groups -OCH3 is 4. The van der Waals surface area contributed by atoms with E-state index in [9.17, 15) is 19.2 Å². The summed E-state index contributed by atoms with van der Waals surface area (Å²) in [4.78, 5) is 55.8. The molecular formula is C24H23N3O8. The van der Waals surface area contributed by atoms with E-state index in [1.165, 1.54) is 39.4 Å². The molecule has 1 aromatic heterocycles. The van der Waals surface area contributed by atoms with Crippen molar-refractivity contribution in [1.82, 2.24) is 15.2 Å². The Morgan fingerprint density at radius 2 is 1.77 bits per heavy atom. The zero-order valence-corrected chi connectivity index (χ0v) is 19.5. The van der Waals surface area contributed by atoms with Crippen LogP contribution in [0.25, 0.3) is 10.9 Å². The molecule has 3 aliphatic rings. The van der Waals surface area contributed by atoms with E-state index < -0.39 is 29.5 Å². The number of allylic oxidation sites excluding steroid dienone is 2. The van der Waals surface area contributed by atoms with Crippen molar-refractivity contribution in [2.75, 3.05) is 35.0 Å². The number of hydrogen-bond acceptors (Lipinski definition) is 9. The van der Waals surface area contributed by atoms with Crippen LogP contribution in [0.3, 0.4) is 0 Å². The van der Waals surface area contributed by atoms with Crippen LogP contribution >= 0.6 is 0 Å². The molecule has 11 nitrogen and oxygen atoms in total. The van der Waals surface area contributed by atoms with Gasteiger partial charge in [0.15, 0.2) is 23.3 Å². The van der Waals surface area contributed by atoms with Crippen molar-refractivity contribution in [1.29, 1.82) is 0 Å². The summed E-state index contributed by atoms with van der Waals surface area (Å²) in [6.07, 6.45) is 1.79. The molecule has 182 valence electrons. The first-order valence-electron chi connectivity index (χ1n) is 10.9. The maximum Gasteiger partial charge on any atom is 0.336 e. The molecule has 0 saturated carbocycles. The lowest BCUT2D eigenvalue weighted by atomic mass is 9.86. The number of amides is 1. The molecule has 2 unspecified atom stereocenters. The van der Waals surface area contributed by atoms with Gasteiger partial charge in [0.25, 0.3) is 5.91 Å². The Morgan fingerprint density at radius 3 is 2.43 bits per heavy atom. The molecule has 1 amide bonds. The topological polar surface area (TPSA) is 136 Å². The first-order valence-corrected chi connectivity index (χ1v) is 10.9. The third-order valence-corrected chi connectivity index (χ3v) is 6.60. The smallest absolute Gasteiger partial charge is 0.336 e. The Hall–Kier alpha value is -4.28. The number of H-pyrrole nitrogens is 1. The fourth-order valence-electron chi connectivity index (χ4n) is 5.02. The maximum atomic E-state index is 13.5. The normalized spacial score (nSPS) is 20.9. The van der Waals surface area contributed by atoms with Gasteiger partial charge in [-0.2, -0.15) is 0 Å². The predicted octanol–water partition coefficient (Wildman–Crippen LogP) is 1.09. The van der Waals surface area contributed by atoms with E-state index in [1.807, 2.05) is 0 Å². The van der Waals surface area contributed by atoms with Crippen molar-refractivity contribution in [3.8, 4) is 17.2 Å². The fourth-order valence-corrected chi connectivity index (χ4v) is 5.02. The highest BCUT2D eigenvalue weighted by molar-refractivity contribution is 6.23. The van der Waals surface area contributed by atoms with Crippen molar-refractivity contribution in [3.63, 3.8) is 0 Å². The SMILES string of the molecule is COC(=O)C1NC2=C(C1=O)C1CCN(C(=O)c3cc4cc(OC)c(OC)c(OC)c4[nH]3)C1=CC2=O. The first kappa shape index (κ1) is 22.5. The number of benzene rings is 1. The van der Waals surface area contributed by atoms with Gasteiger partial charge in [-0.15, -0.1) is 0 Å². The Bertz CT molecular complexity index is 1370. The number of hydrogen-bond donors (Lipinski definition) is 2. The number of aromatic amines is 1. The van der Waals surface area contributed by atoms with Crippen LogP contribution in [0.15, 0.2) is 35.2 Å². The molecule has 0 radical (unpaired) electrons.